The van der Waals surface area contributed by atoms with Crippen LogP contribution in [0.4, 0.5) is 5.69 Å². The number of phenolic OH excluding ortho intramolecular Hbond substituents is 1. The van der Waals surface area contributed by atoms with Gasteiger partial charge in [0.05, 0.1) is 24.7 Å². The van der Waals surface area contributed by atoms with E-state index in [4.69, 9.17) is 4.74 Å². The fourth-order valence-electron chi connectivity index (χ4n) is 3.24. The second-order valence-electron chi connectivity index (χ2n) is 7.72. The Morgan fingerprint density at radius 2 is 1.62 bits per heavy atom. The molecule has 0 saturated carbocycles. The molecule has 0 bridgehead atoms. The average Bonchev–Trinajstić information content (AvgIpc) is 2.79. The Hall–Kier alpha value is -2.82. The summed E-state index contributed by atoms with van der Waals surface area (Å²) < 4.78 is 30.9. The van der Waals surface area contributed by atoms with E-state index in [2.05, 4.69) is 10.0 Å². The molecule has 0 unspecified atom stereocenters. The van der Waals surface area contributed by atoms with E-state index in [9.17, 15) is 23.7 Å². The van der Waals surface area contributed by atoms with E-state index in [-0.39, 0.29) is 43.0 Å². The topological polar surface area (TPSA) is 128 Å². The van der Waals surface area contributed by atoms with Gasteiger partial charge in [0.2, 0.25) is 10.0 Å². The lowest BCUT2D eigenvalue weighted by molar-refractivity contribution is 0.158. The van der Waals surface area contributed by atoms with Gasteiger partial charge in [0.1, 0.15) is 17.2 Å². The van der Waals surface area contributed by atoms with Crippen LogP contribution in [0, 0.1) is 0 Å². The van der Waals surface area contributed by atoms with Crippen molar-refractivity contribution in [3.63, 3.8) is 0 Å². The zero-order chi connectivity index (χ0) is 23.8. The van der Waals surface area contributed by atoms with Crippen LogP contribution in [0.5, 0.6) is 17.2 Å². The molecule has 8 nitrogen and oxygen atoms in total. The summed E-state index contributed by atoms with van der Waals surface area (Å²) in [5, 5.41) is 33.2. The van der Waals surface area contributed by atoms with Gasteiger partial charge >= 0.3 is 0 Å². The van der Waals surface area contributed by atoms with E-state index >= 15 is 0 Å². The smallest absolute Gasteiger partial charge is 0.229 e. The van der Waals surface area contributed by atoms with Crippen molar-refractivity contribution in [2.24, 2.45) is 0 Å². The van der Waals surface area contributed by atoms with Crippen molar-refractivity contribution in [3.8, 4) is 17.2 Å². The van der Waals surface area contributed by atoms with Crippen molar-refractivity contribution < 1.29 is 28.5 Å². The van der Waals surface area contributed by atoms with Crippen molar-refractivity contribution in [1.29, 1.82) is 0 Å². The number of aliphatic hydroxyl groups is 2. The minimum Gasteiger partial charge on any atom is -0.506 e. The van der Waals surface area contributed by atoms with Crippen LogP contribution in [0.2, 0.25) is 0 Å². The summed E-state index contributed by atoms with van der Waals surface area (Å²) >= 11 is 0. The zero-order valence-electron chi connectivity index (χ0n) is 18.6. The Kier molecular flexibility index (Phi) is 10.2. The van der Waals surface area contributed by atoms with Gasteiger partial charge in [-0.25, -0.2) is 8.42 Å². The molecule has 184 valence electrons. The molecule has 3 aromatic rings. The first-order valence-corrected chi connectivity index (χ1v) is 12.3. The highest BCUT2D eigenvalue weighted by Gasteiger charge is 2.15. The van der Waals surface area contributed by atoms with Crippen LogP contribution in [0.1, 0.15) is 17.2 Å². The summed E-state index contributed by atoms with van der Waals surface area (Å²) in [6, 6.07) is 20.9. The second-order valence-corrected chi connectivity index (χ2v) is 9.47. The molecule has 0 saturated heterocycles. The van der Waals surface area contributed by atoms with E-state index in [1.165, 1.54) is 18.2 Å². The summed E-state index contributed by atoms with van der Waals surface area (Å²) in [4.78, 5) is 0. The van der Waals surface area contributed by atoms with Crippen LogP contribution in [0.25, 0.3) is 0 Å². The lowest BCUT2D eigenvalue weighted by Gasteiger charge is -2.20. The van der Waals surface area contributed by atoms with E-state index in [0.29, 0.717) is 17.7 Å². The van der Waals surface area contributed by atoms with Crippen LogP contribution in [-0.4, -0.2) is 49.2 Å². The number of nitrogens with one attached hydrogen (secondary N) is 2. The fraction of sp³-hybridized carbons (Fsp3) is 0.250. The molecule has 0 fully saturated rings. The highest BCUT2D eigenvalue weighted by Crippen LogP contribution is 2.28. The largest absolute Gasteiger partial charge is 0.506 e. The quantitative estimate of drug-likeness (QED) is 0.252. The molecule has 0 amide bonds. The Morgan fingerprint density at radius 1 is 0.971 bits per heavy atom. The molecule has 10 heteroatoms. The summed E-state index contributed by atoms with van der Waals surface area (Å²) in [5.74, 6) is 1.22. The number of para-hydroxylation sites is 1. The predicted octanol–water partition coefficient (Wildman–Crippen LogP) is 3.20. The highest BCUT2D eigenvalue weighted by atomic mass is 35.5. The number of phenols is 1. The Labute approximate surface area is 205 Å². The summed E-state index contributed by atoms with van der Waals surface area (Å²) in [6.45, 7) is -0.00499. The molecule has 2 atom stereocenters. The average molecular weight is 509 g/mol. The maximum Gasteiger partial charge on any atom is 0.229 e. The molecular formula is C24H29ClN2O6S. The van der Waals surface area contributed by atoms with Gasteiger partial charge in [-0.05, 0) is 53.9 Å². The lowest BCUT2D eigenvalue weighted by atomic mass is 10.0. The van der Waals surface area contributed by atoms with Crippen LogP contribution in [0.3, 0.4) is 0 Å². The first kappa shape index (κ1) is 27.4. The highest BCUT2D eigenvalue weighted by molar-refractivity contribution is 7.92. The molecule has 0 aliphatic carbocycles. The number of halogens is 1. The normalized spacial score (nSPS) is 12.9. The maximum absolute atomic E-state index is 11.4. The van der Waals surface area contributed by atoms with Gasteiger partial charge in [-0.2, -0.15) is 0 Å². The number of hydrogen-bond donors (Lipinski definition) is 5. The van der Waals surface area contributed by atoms with Crippen LogP contribution in [0.15, 0.2) is 72.8 Å². The molecular weight excluding hydrogens is 480 g/mol. The molecule has 0 radical (unpaired) electrons. The SMILES string of the molecule is CS(=O)(=O)Nc1cc([C@@H](O)CN[C@H](CO)Cc2ccc(Oc3ccccc3)cc2)ccc1O.Cl. The molecule has 0 aromatic heterocycles. The summed E-state index contributed by atoms with van der Waals surface area (Å²) in [6.07, 6.45) is 0.538. The molecule has 3 aromatic carbocycles. The van der Waals surface area contributed by atoms with Gasteiger partial charge in [-0.15, -0.1) is 12.4 Å². The third-order valence-corrected chi connectivity index (χ3v) is 5.50. The van der Waals surface area contributed by atoms with Crippen LogP contribution >= 0.6 is 12.4 Å². The minimum absolute atomic E-state index is 0. The van der Waals surface area contributed by atoms with Gasteiger partial charge in [0.15, 0.2) is 0 Å². The zero-order valence-corrected chi connectivity index (χ0v) is 20.2. The number of benzene rings is 3. The van der Waals surface area contributed by atoms with E-state index in [0.717, 1.165) is 17.6 Å². The first-order chi connectivity index (χ1) is 15.7. The summed E-state index contributed by atoms with van der Waals surface area (Å²) in [5.41, 5.74) is 1.40. The number of ether oxygens (including phenoxy) is 1. The number of aliphatic hydroxyl groups excluding tert-OH is 2. The Balaban J connectivity index is 0.00000408. The molecule has 0 aliphatic heterocycles. The maximum atomic E-state index is 11.4. The molecule has 0 aliphatic rings. The molecule has 3 rings (SSSR count). The van der Waals surface area contributed by atoms with Gasteiger partial charge in [-0.1, -0.05) is 36.4 Å². The van der Waals surface area contributed by atoms with E-state index in [1.807, 2.05) is 54.6 Å². The number of anilines is 1. The predicted molar refractivity (Wildman–Crippen MR) is 134 cm³/mol. The van der Waals surface area contributed by atoms with Gasteiger partial charge in [0.25, 0.3) is 0 Å². The number of hydrogen-bond acceptors (Lipinski definition) is 7. The molecule has 5 N–H and O–H groups in total. The van der Waals surface area contributed by atoms with Gasteiger partial charge in [-0.3, -0.25) is 4.72 Å². The Morgan fingerprint density at radius 3 is 2.24 bits per heavy atom. The number of aromatic hydroxyl groups is 1. The van der Waals surface area contributed by atoms with Gasteiger partial charge < -0.3 is 25.4 Å². The number of rotatable bonds is 11. The second kappa shape index (κ2) is 12.6. The van der Waals surface area contributed by atoms with Crippen molar-refractivity contribution >= 4 is 28.1 Å². The lowest BCUT2D eigenvalue weighted by Crippen LogP contribution is -2.37. The van der Waals surface area contributed by atoms with Crippen molar-refractivity contribution in [2.75, 3.05) is 24.1 Å². The standard InChI is InChI=1S/C24H28N2O6S.ClH/c1-33(30,31)26-22-14-18(9-12-23(22)28)24(29)15-25-19(16-27)13-17-7-10-21(11-8-17)32-20-5-3-2-4-6-20;/h2-12,14,19,24-29H,13,15-16H2,1H3;1H/t19-,24-;/m0./s1. The van der Waals surface area contributed by atoms with Crippen molar-refractivity contribution in [2.45, 2.75) is 18.6 Å². The van der Waals surface area contributed by atoms with Crippen LogP contribution in [-0.2, 0) is 16.4 Å². The van der Waals surface area contributed by atoms with E-state index < -0.39 is 16.1 Å². The molecule has 0 heterocycles. The molecule has 0 spiro atoms. The third-order valence-electron chi connectivity index (χ3n) is 4.91. The monoisotopic (exact) mass is 508 g/mol. The molecule has 34 heavy (non-hydrogen) atoms. The van der Waals surface area contributed by atoms with Crippen molar-refractivity contribution in [3.05, 3.63) is 83.9 Å². The number of sulfonamides is 1. The van der Waals surface area contributed by atoms with Crippen LogP contribution < -0.4 is 14.8 Å². The third kappa shape index (κ3) is 8.51. The first-order valence-electron chi connectivity index (χ1n) is 10.4. The fourth-order valence-corrected chi connectivity index (χ4v) is 3.81. The van der Waals surface area contributed by atoms with Gasteiger partial charge in [0, 0.05) is 12.6 Å². The minimum atomic E-state index is -3.58. The summed E-state index contributed by atoms with van der Waals surface area (Å²) in [7, 11) is -3.58. The van der Waals surface area contributed by atoms with E-state index in [1.54, 1.807) is 0 Å². The Bertz CT molecular complexity index is 1140. The van der Waals surface area contributed by atoms with Crippen molar-refractivity contribution in [1.82, 2.24) is 5.32 Å².